The van der Waals surface area contributed by atoms with Crippen LogP contribution in [0.3, 0.4) is 0 Å². The van der Waals surface area contributed by atoms with Gasteiger partial charge in [-0.2, -0.15) is 15.2 Å². The second-order valence-corrected chi connectivity index (χ2v) is 8.97. The Hall–Kier alpha value is -3.91. The van der Waals surface area contributed by atoms with Gasteiger partial charge in [0.25, 0.3) is 0 Å². The number of aromatic hydroxyl groups is 1. The monoisotopic (exact) mass is 486 g/mol. The Morgan fingerprint density at radius 3 is 2.43 bits per heavy atom. The number of anilines is 2. The molecule has 35 heavy (non-hydrogen) atoms. The van der Waals surface area contributed by atoms with E-state index in [0.717, 1.165) is 22.3 Å². The molecule has 7 nitrogen and oxygen atoms in total. The maximum absolute atomic E-state index is 13.0. The van der Waals surface area contributed by atoms with E-state index in [4.69, 9.17) is 0 Å². The molecule has 3 aromatic rings. The molecule has 2 N–H and O–H groups in total. The lowest BCUT2D eigenvalue weighted by atomic mass is 9.97. The molecule has 0 saturated carbocycles. The highest BCUT2D eigenvalue weighted by molar-refractivity contribution is 7.96. The minimum absolute atomic E-state index is 0.00558. The molecule has 1 amide bonds. The second-order valence-electron chi connectivity index (χ2n) is 8.53. The number of benzene rings is 3. The van der Waals surface area contributed by atoms with Crippen molar-refractivity contribution in [2.75, 3.05) is 10.4 Å². The van der Waals surface area contributed by atoms with Crippen molar-refractivity contribution >= 4 is 46.4 Å². The molecule has 0 spiro atoms. The molecule has 8 heteroatoms. The predicted molar refractivity (Wildman–Crippen MR) is 144 cm³/mol. The van der Waals surface area contributed by atoms with Gasteiger partial charge in [-0.25, -0.2) is 0 Å². The van der Waals surface area contributed by atoms with Crippen molar-refractivity contribution < 1.29 is 14.7 Å². The number of rotatable bonds is 6. The first-order chi connectivity index (χ1) is 16.7. The molecule has 1 aliphatic rings. The largest absolute Gasteiger partial charge is 0.505 e. The van der Waals surface area contributed by atoms with E-state index >= 15 is 0 Å². The third kappa shape index (κ3) is 4.83. The number of amides is 1. The second kappa shape index (κ2) is 9.76. The van der Waals surface area contributed by atoms with Gasteiger partial charge in [-0.15, -0.1) is 12.6 Å². The Morgan fingerprint density at radius 1 is 1.06 bits per heavy atom. The summed E-state index contributed by atoms with van der Waals surface area (Å²) in [6.07, 6.45) is 0. The van der Waals surface area contributed by atoms with Gasteiger partial charge in [0.05, 0.1) is 23.0 Å². The number of nitrogens with one attached hydrogen (secondary N) is 1. The lowest BCUT2D eigenvalue weighted by molar-refractivity contribution is -0.112. The van der Waals surface area contributed by atoms with Gasteiger partial charge in [-0.1, -0.05) is 49.4 Å². The molecule has 1 aliphatic heterocycles. The zero-order chi connectivity index (χ0) is 25.3. The topological polar surface area (TPSA) is 94.4 Å². The van der Waals surface area contributed by atoms with E-state index in [0.29, 0.717) is 22.6 Å². The maximum Gasteiger partial charge on any atom is 0.301 e. The first-order valence-corrected chi connectivity index (χ1v) is 11.6. The van der Waals surface area contributed by atoms with Gasteiger partial charge < -0.3 is 5.11 Å². The summed E-state index contributed by atoms with van der Waals surface area (Å²) in [5, 5.41) is 20.6. The van der Waals surface area contributed by atoms with Crippen LogP contribution in [0.2, 0.25) is 0 Å². The Bertz CT molecular complexity index is 1380. The van der Waals surface area contributed by atoms with Gasteiger partial charge in [0, 0.05) is 5.56 Å². The molecule has 0 radical (unpaired) electrons. The van der Waals surface area contributed by atoms with Crippen LogP contribution in [-0.2, 0) is 9.59 Å². The highest BCUT2D eigenvalue weighted by Gasteiger charge is 2.31. The molecule has 1 atom stereocenters. The fourth-order valence-electron chi connectivity index (χ4n) is 3.74. The van der Waals surface area contributed by atoms with Gasteiger partial charge >= 0.3 is 5.91 Å². The van der Waals surface area contributed by atoms with Gasteiger partial charge in [-0.3, -0.25) is 15.0 Å². The summed E-state index contributed by atoms with van der Waals surface area (Å²) in [5.74, 6) is -0.673. The first kappa shape index (κ1) is 24.2. The molecule has 4 rings (SSSR count). The van der Waals surface area contributed by atoms with E-state index in [2.05, 4.69) is 28.3 Å². The van der Waals surface area contributed by atoms with E-state index in [1.54, 1.807) is 32.0 Å². The SMILES string of the molecule is CC1=NN(c2ccc(C)c(C)c2)C(=O)/C1=N\Nc1cccc(-c2ccc(C(C)C(=O)S)cc2)c1O. The standard InChI is InChI=1S/C27H26N4O3S/c1-15-8-13-21(14-16(15)2)31-26(33)24(18(4)30-31)29-28-23-7-5-6-22(25(23)32)20-11-9-19(10-12-20)17(3)27(34)35/h5-14,17,28,32H,1-4H3,(H,34,35)/b29-24-. The third-order valence-corrected chi connectivity index (χ3v) is 6.53. The van der Waals surface area contributed by atoms with Gasteiger partial charge in [0.15, 0.2) is 10.8 Å². The number of para-hydroxylation sites is 1. The summed E-state index contributed by atoms with van der Waals surface area (Å²) in [6.45, 7) is 7.50. The first-order valence-electron chi connectivity index (χ1n) is 11.1. The van der Waals surface area contributed by atoms with Crippen LogP contribution in [0.4, 0.5) is 11.4 Å². The fraction of sp³-hybridized carbons (Fsp3) is 0.185. The lowest BCUT2D eigenvalue weighted by Crippen LogP contribution is -2.28. The summed E-state index contributed by atoms with van der Waals surface area (Å²) >= 11 is 3.90. The Kier molecular flexibility index (Phi) is 6.75. The number of carbonyl (C=O) groups excluding carboxylic acids is 2. The van der Waals surface area contributed by atoms with Crippen molar-refractivity contribution in [1.82, 2.24) is 0 Å². The Balaban J connectivity index is 1.56. The number of hydrogen-bond acceptors (Lipinski definition) is 6. The highest BCUT2D eigenvalue weighted by atomic mass is 32.1. The van der Waals surface area contributed by atoms with Crippen LogP contribution >= 0.6 is 12.6 Å². The molecule has 1 unspecified atom stereocenters. The van der Waals surface area contributed by atoms with Gasteiger partial charge in [0.1, 0.15) is 5.75 Å². The van der Waals surface area contributed by atoms with Crippen molar-refractivity contribution in [1.29, 1.82) is 0 Å². The van der Waals surface area contributed by atoms with E-state index in [1.165, 1.54) is 5.01 Å². The Labute approximate surface area is 209 Å². The van der Waals surface area contributed by atoms with Crippen molar-refractivity contribution in [3.05, 3.63) is 77.4 Å². The van der Waals surface area contributed by atoms with Crippen LogP contribution in [0.5, 0.6) is 5.75 Å². The van der Waals surface area contributed by atoms with Crippen LogP contribution in [0.15, 0.2) is 70.9 Å². The Morgan fingerprint density at radius 2 is 1.77 bits per heavy atom. The minimum Gasteiger partial charge on any atom is -0.505 e. The maximum atomic E-state index is 13.0. The van der Waals surface area contributed by atoms with Crippen LogP contribution in [0.25, 0.3) is 11.1 Å². The average molecular weight is 487 g/mol. The number of hydrazone groups is 2. The normalized spacial score (nSPS) is 15.3. The van der Waals surface area contributed by atoms with Crippen LogP contribution in [-0.4, -0.2) is 27.6 Å². The summed E-state index contributed by atoms with van der Waals surface area (Å²) in [7, 11) is 0. The van der Waals surface area contributed by atoms with Crippen molar-refractivity contribution in [2.24, 2.45) is 10.2 Å². The molecule has 3 aromatic carbocycles. The molecule has 1 heterocycles. The molecule has 0 aliphatic carbocycles. The van der Waals surface area contributed by atoms with Crippen molar-refractivity contribution in [2.45, 2.75) is 33.6 Å². The van der Waals surface area contributed by atoms with Gasteiger partial charge in [0.2, 0.25) is 0 Å². The van der Waals surface area contributed by atoms with Crippen molar-refractivity contribution in [3.8, 4) is 16.9 Å². The minimum atomic E-state index is -0.350. The van der Waals surface area contributed by atoms with Crippen LogP contribution in [0, 0.1) is 13.8 Å². The summed E-state index contributed by atoms with van der Waals surface area (Å²) in [5.41, 5.74) is 8.88. The van der Waals surface area contributed by atoms with Crippen LogP contribution < -0.4 is 10.4 Å². The highest BCUT2D eigenvalue weighted by Crippen LogP contribution is 2.36. The number of hydrogen-bond donors (Lipinski definition) is 3. The molecule has 0 saturated heterocycles. The fourth-order valence-corrected chi connectivity index (χ4v) is 3.88. The number of aryl methyl sites for hydroxylation is 2. The number of phenolic OH excluding ortho intramolecular Hbond substituents is 1. The summed E-state index contributed by atoms with van der Waals surface area (Å²) in [6, 6.07) is 18.3. The number of carbonyl (C=O) groups is 2. The number of phenols is 1. The molecule has 178 valence electrons. The smallest absolute Gasteiger partial charge is 0.301 e. The molecular formula is C27H26N4O3S. The number of thiol groups is 1. The van der Waals surface area contributed by atoms with Crippen molar-refractivity contribution in [3.63, 3.8) is 0 Å². The van der Waals surface area contributed by atoms with E-state index in [-0.39, 0.29) is 28.4 Å². The quantitative estimate of drug-likeness (QED) is 0.246. The zero-order valence-corrected chi connectivity index (χ0v) is 20.8. The predicted octanol–water partition coefficient (Wildman–Crippen LogP) is 5.43. The molecule has 0 bridgehead atoms. The third-order valence-electron chi connectivity index (χ3n) is 6.14. The lowest BCUT2D eigenvalue weighted by Gasteiger charge is -2.13. The van der Waals surface area contributed by atoms with Crippen LogP contribution in [0.1, 0.15) is 36.5 Å². The molecular weight excluding hydrogens is 460 g/mol. The summed E-state index contributed by atoms with van der Waals surface area (Å²) < 4.78 is 0. The van der Waals surface area contributed by atoms with E-state index < -0.39 is 0 Å². The summed E-state index contributed by atoms with van der Waals surface area (Å²) in [4.78, 5) is 24.5. The number of nitrogens with zero attached hydrogens (tertiary/aromatic N) is 3. The molecule has 0 fully saturated rings. The average Bonchev–Trinajstić information content (AvgIpc) is 3.13. The van der Waals surface area contributed by atoms with Gasteiger partial charge in [-0.05, 0) is 61.2 Å². The zero-order valence-electron chi connectivity index (χ0n) is 19.9. The molecule has 0 aromatic heterocycles. The van der Waals surface area contributed by atoms with E-state index in [9.17, 15) is 14.7 Å². The van der Waals surface area contributed by atoms with E-state index in [1.807, 2.05) is 56.3 Å².